The topological polar surface area (TPSA) is 59.4 Å². The Hall–Kier alpha value is -2.83. The van der Waals surface area contributed by atoms with Crippen molar-refractivity contribution in [3.63, 3.8) is 0 Å². The molecule has 0 aliphatic carbocycles. The van der Waals surface area contributed by atoms with E-state index in [9.17, 15) is 4.79 Å². The molecule has 1 fully saturated rings. The van der Waals surface area contributed by atoms with Gasteiger partial charge >= 0.3 is 0 Å². The number of benzene rings is 2. The molecule has 0 radical (unpaired) electrons. The Balaban J connectivity index is 1.74. The van der Waals surface area contributed by atoms with Crippen LogP contribution in [0.5, 0.6) is 5.75 Å². The number of halogens is 1. The van der Waals surface area contributed by atoms with Gasteiger partial charge < -0.3 is 9.30 Å². The number of imidazole rings is 1. The monoisotopic (exact) mass is 438 g/mol. The summed E-state index contributed by atoms with van der Waals surface area (Å²) >= 11 is 6.20. The Bertz CT molecular complexity index is 1070. The summed E-state index contributed by atoms with van der Waals surface area (Å²) in [4.78, 5) is 17.9. The van der Waals surface area contributed by atoms with Crippen LogP contribution in [0.1, 0.15) is 41.0 Å². The minimum absolute atomic E-state index is 0.180. The lowest BCUT2D eigenvalue weighted by atomic mass is 10.1. The molecular weight excluding hydrogens is 412 g/mol. The van der Waals surface area contributed by atoms with Gasteiger partial charge in [-0.3, -0.25) is 10.2 Å². The summed E-state index contributed by atoms with van der Waals surface area (Å²) in [6.45, 7) is 4.21. The predicted octanol–water partition coefficient (Wildman–Crippen LogP) is 4.70. The number of hydrazine groups is 1. The van der Waals surface area contributed by atoms with Crippen LogP contribution in [0.3, 0.4) is 0 Å². The van der Waals surface area contributed by atoms with Crippen LogP contribution in [0.4, 0.5) is 0 Å². The van der Waals surface area contributed by atoms with Crippen molar-refractivity contribution < 1.29 is 9.53 Å². The molecule has 0 atom stereocenters. The highest BCUT2D eigenvalue weighted by atomic mass is 35.5. The number of nitrogens with zero attached hydrogens (tertiary/aromatic N) is 3. The molecule has 1 aromatic heterocycles. The Morgan fingerprint density at radius 1 is 1.13 bits per heavy atom. The molecule has 6 nitrogen and oxygen atoms in total. The van der Waals surface area contributed by atoms with Gasteiger partial charge in [-0.25, -0.2) is 9.99 Å². The molecule has 2 heterocycles. The van der Waals surface area contributed by atoms with Gasteiger partial charge in [-0.05, 0) is 49.6 Å². The summed E-state index contributed by atoms with van der Waals surface area (Å²) < 4.78 is 7.62. The third-order valence-corrected chi connectivity index (χ3v) is 5.86. The number of nitrogens with one attached hydrogen (secondary N) is 1. The van der Waals surface area contributed by atoms with Gasteiger partial charge in [0.05, 0.1) is 12.7 Å². The number of rotatable bonds is 6. The van der Waals surface area contributed by atoms with Crippen LogP contribution in [0, 0.1) is 6.92 Å². The Morgan fingerprint density at radius 3 is 2.65 bits per heavy atom. The second-order valence-electron chi connectivity index (χ2n) is 7.77. The van der Waals surface area contributed by atoms with E-state index in [-0.39, 0.29) is 5.91 Å². The van der Waals surface area contributed by atoms with E-state index < -0.39 is 0 Å². The van der Waals surface area contributed by atoms with Gasteiger partial charge in [0.1, 0.15) is 11.6 Å². The summed E-state index contributed by atoms with van der Waals surface area (Å²) in [7, 11) is 1.64. The number of methoxy groups -OCH3 is 1. The molecule has 1 aliphatic heterocycles. The molecule has 31 heavy (non-hydrogen) atoms. The molecule has 1 amide bonds. The highest BCUT2D eigenvalue weighted by Crippen LogP contribution is 2.31. The summed E-state index contributed by atoms with van der Waals surface area (Å²) in [6, 6.07) is 15.5. The lowest BCUT2D eigenvalue weighted by molar-refractivity contribution is 0.0744. The Labute approximate surface area is 187 Å². The van der Waals surface area contributed by atoms with Crippen LogP contribution in [0.2, 0.25) is 5.02 Å². The SMILES string of the molecule is COc1ccccc1-c1nc(C(=O)NN2CCCCC2)c(C)n1Cc1cccc(Cl)c1. The second-order valence-corrected chi connectivity index (χ2v) is 8.21. The van der Waals surface area contributed by atoms with Crippen LogP contribution in [0.25, 0.3) is 11.4 Å². The van der Waals surface area contributed by atoms with Gasteiger partial charge in [0.2, 0.25) is 0 Å². The van der Waals surface area contributed by atoms with E-state index in [2.05, 4.69) is 9.99 Å². The average Bonchev–Trinajstić information content (AvgIpc) is 3.10. The Kier molecular flexibility index (Phi) is 6.59. The van der Waals surface area contributed by atoms with Crippen molar-refractivity contribution >= 4 is 17.5 Å². The highest BCUT2D eigenvalue weighted by molar-refractivity contribution is 6.30. The quantitative estimate of drug-likeness (QED) is 0.606. The molecule has 2 aromatic carbocycles. The van der Waals surface area contributed by atoms with Crippen molar-refractivity contribution in [1.82, 2.24) is 20.0 Å². The van der Waals surface area contributed by atoms with E-state index in [0.717, 1.165) is 42.8 Å². The molecule has 0 saturated carbocycles. The smallest absolute Gasteiger partial charge is 0.286 e. The largest absolute Gasteiger partial charge is 0.496 e. The molecule has 7 heteroatoms. The van der Waals surface area contributed by atoms with E-state index >= 15 is 0 Å². The van der Waals surface area contributed by atoms with Gasteiger partial charge in [-0.1, -0.05) is 42.3 Å². The van der Waals surface area contributed by atoms with Crippen LogP contribution < -0.4 is 10.2 Å². The molecule has 1 N–H and O–H groups in total. The normalized spacial score (nSPS) is 14.4. The van der Waals surface area contributed by atoms with E-state index in [1.165, 1.54) is 6.42 Å². The van der Waals surface area contributed by atoms with Crippen LogP contribution >= 0.6 is 11.6 Å². The number of hydrogen-bond donors (Lipinski definition) is 1. The first kappa shape index (κ1) is 21.4. The number of ether oxygens (including phenoxy) is 1. The number of carbonyl (C=O) groups is 1. The number of para-hydroxylation sites is 1. The van der Waals surface area contributed by atoms with Gasteiger partial charge in [0.25, 0.3) is 5.91 Å². The van der Waals surface area contributed by atoms with Gasteiger partial charge in [0, 0.05) is 30.4 Å². The van der Waals surface area contributed by atoms with Crippen LogP contribution in [0.15, 0.2) is 48.5 Å². The molecular formula is C24H27ClN4O2. The summed E-state index contributed by atoms with van der Waals surface area (Å²) in [5, 5.41) is 2.67. The lowest BCUT2D eigenvalue weighted by Crippen LogP contribution is -2.45. The maximum Gasteiger partial charge on any atom is 0.286 e. The zero-order chi connectivity index (χ0) is 21.8. The van der Waals surface area contributed by atoms with E-state index in [1.54, 1.807) is 7.11 Å². The van der Waals surface area contributed by atoms with E-state index in [1.807, 2.05) is 60.5 Å². The Morgan fingerprint density at radius 2 is 1.90 bits per heavy atom. The number of piperidine rings is 1. The van der Waals surface area contributed by atoms with Gasteiger partial charge in [-0.15, -0.1) is 0 Å². The molecule has 0 unspecified atom stereocenters. The van der Waals surface area contributed by atoms with Crippen molar-refractivity contribution in [2.75, 3.05) is 20.2 Å². The fourth-order valence-electron chi connectivity index (χ4n) is 4.00. The maximum absolute atomic E-state index is 13.1. The predicted molar refractivity (Wildman–Crippen MR) is 122 cm³/mol. The first-order valence-corrected chi connectivity index (χ1v) is 11.0. The number of amides is 1. The molecule has 3 aromatic rings. The third kappa shape index (κ3) is 4.75. The summed E-state index contributed by atoms with van der Waals surface area (Å²) in [5.41, 5.74) is 6.14. The summed E-state index contributed by atoms with van der Waals surface area (Å²) in [6.07, 6.45) is 3.39. The molecule has 1 saturated heterocycles. The minimum atomic E-state index is -0.180. The summed E-state index contributed by atoms with van der Waals surface area (Å²) in [5.74, 6) is 1.22. The second kappa shape index (κ2) is 9.54. The van der Waals surface area contributed by atoms with Crippen molar-refractivity contribution in [3.05, 3.63) is 70.5 Å². The number of carbonyl (C=O) groups excluding carboxylic acids is 1. The lowest BCUT2D eigenvalue weighted by Gasteiger charge is -2.26. The van der Waals surface area contributed by atoms with Crippen LogP contribution in [-0.4, -0.2) is 40.7 Å². The molecule has 4 rings (SSSR count). The molecule has 0 spiro atoms. The van der Waals surface area contributed by atoms with Crippen molar-refractivity contribution in [2.24, 2.45) is 0 Å². The van der Waals surface area contributed by atoms with Gasteiger partial charge in [0.15, 0.2) is 5.69 Å². The van der Waals surface area contributed by atoms with Crippen LogP contribution in [-0.2, 0) is 6.54 Å². The molecule has 1 aliphatic rings. The van der Waals surface area contributed by atoms with Gasteiger partial charge in [-0.2, -0.15) is 0 Å². The first-order valence-electron chi connectivity index (χ1n) is 10.6. The standard InChI is InChI=1S/C24H27ClN4O2/c1-17-22(24(30)27-28-13-6-3-7-14-28)26-23(20-11-4-5-12-21(20)31-2)29(17)16-18-9-8-10-19(25)15-18/h4-5,8-12,15H,3,6-7,13-14,16H2,1-2H3,(H,27,30). The zero-order valence-corrected chi connectivity index (χ0v) is 18.7. The van der Waals surface area contributed by atoms with E-state index in [4.69, 9.17) is 21.3 Å². The maximum atomic E-state index is 13.1. The van der Waals surface area contributed by atoms with Crippen molar-refractivity contribution in [1.29, 1.82) is 0 Å². The highest BCUT2D eigenvalue weighted by Gasteiger charge is 2.24. The molecule has 0 bridgehead atoms. The minimum Gasteiger partial charge on any atom is -0.496 e. The fourth-order valence-corrected chi connectivity index (χ4v) is 4.21. The zero-order valence-electron chi connectivity index (χ0n) is 17.9. The third-order valence-electron chi connectivity index (χ3n) is 5.63. The number of hydrogen-bond acceptors (Lipinski definition) is 4. The molecule has 162 valence electrons. The van der Waals surface area contributed by atoms with Crippen molar-refractivity contribution in [2.45, 2.75) is 32.7 Å². The first-order chi connectivity index (χ1) is 15.1. The fraction of sp³-hybridized carbons (Fsp3) is 0.333. The van der Waals surface area contributed by atoms with Crippen molar-refractivity contribution in [3.8, 4) is 17.1 Å². The number of aromatic nitrogens is 2. The average molecular weight is 439 g/mol. The van der Waals surface area contributed by atoms with E-state index in [0.29, 0.717) is 28.8 Å².